The van der Waals surface area contributed by atoms with Gasteiger partial charge in [-0.05, 0) is 24.1 Å². The van der Waals surface area contributed by atoms with Crippen LogP contribution < -0.4 is 5.73 Å². The highest BCUT2D eigenvalue weighted by atomic mass is 16.6. The first-order valence-corrected chi connectivity index (χ1v) is 5.74. The lowest BCUT2D eigenvalue weighted by atomic mass is 10.2. The Morgan fingerprint density at radius 1 is 1.11 bits per heavy atom. The van der Waals surface area contributed by atoms with Crippen LogP contribution in [0.15, 0.2) is 48.5 Å². The molecule has 18 heavy (non-hydrogen) atoms. The fraction of sp³-hybridized carbons (Fsp3) is 0.133. The Labute approximate surface area is 106 Å². The van der Waals surface area contributed by atoms with Crippen molar-refractivity contribution in [2.24, 2.45) is 0 Å². The molecule has 2 aromatic carbocycles. The molecule has 3 nitrogen and oxygen atoms in total. The van der Waals surface area contributed by atoms with Gasteiger partial charge in [-0.1, -0.05) is 42.5 Å². The number of esters is 1. The lowest BCUT2D eigenvalue weighted by molar-refractivity contribution is 0.0473. The number of aryl methyl sites for hydroxylation is 1. The second-order valence-electron chi connectivity index (χ2n) is 4.10. The molecule has 3 heteroatoms. The third kappa shape index (κ3) is 2.69. The van der Waals surface area contributed by atoms with Crippen LogP contribution in [-0.2, 0) is 11.3 Å². The molecule has 0 aromatic heterocycles. The third-order valence-corrected chi connectivity index (χ3v) is 2.72. The molecular formula is C15H15NO2. The van der Waals surface area contributed by atoms with E-state index in [-0.39, 0.29) is 12.6 Å². The Balaban J connectivity index is 2.09. The van der Waals surface area contributed by atoms with Crippen LogP contribution in [0.25, 0.3) is 0 Å². The van der Waals surface area contributed by atoms with Crippen LogP contribution in [0.5, 0.6) is 0 Å². The van der Waals surface area contributed by atoms with Gasteiger partial charge in [0.25, 0.3) is 0 Å². The minimum absolute atomic E-state index is 0.257. The molecular weight excluding hydrogens is 230 g/mol. The minimum atomic E-state index is -0.380. The van der Waals surface area contributed by atoms with Crippen molar-refractivity contribution >= 4 is 11.7 Å². The van der Waals surface area contributed by atoms with Gasteiger partial charge >= 0.3 is 5.97 Å². The fourth-order valence-corrected chi connectivity index (χ4v) is 1.76. The molecule has 2 N–H and O–H groups in total. The van der Waals surface area contributed by atoms with Crippen molar-refractivity contribution in [1.29, 1.82) is 0 Å². The summed E-state index contributed by atoms with van der Waals surface area (Å²) >= 11 is 0. The van der Waals surface area contributed by atoms with Crippen molar-refractivity contribution in [2.45, 2.75) is 13.5 Å². The zero-order valence-corrected chi connectivity index (χ0v) is 10.2. The van der Waals surface area contributed by atoms with Crippen molar-refractivity contribution in [3.05, 3.63) is 65.2 Å². The molecule has 0 spiro atoms. The molecule has 0 radical (unpaired) electrons. The normalized spacial score (nSPS) is 10.1. The minimum Gasteiger partial charge on any atom is -0.457 e. The third-order valence-electron chi connectivity index (χ3n) is 2.72. The van der Waals surface area contributed by atoms with Crippen molar-refractivity contribution < 1.29 is 9.53 Å². The predicted molar refractivity (Wildman–Crippen MR) is 71.2 cm³/mol. The van der Waals surface area contributed by atoms with Crippen LogP contribution in [0.4, 0.5) is 5.69 Å². The van der Waals surface area contributed by atoms with E-state index in [4.69, 9.17) is 10.5 Å². The standard InChI is InChI=1S/C15H15NO2/c1-11-6-5-9-13(16)14(11)15(17)18-10-12-7-3-2-4-8-12/h2-9H,10,16H2,1H3/i6+1,11+1,14+1,15+1. The van der Waals surface area contributed by atoms with E-state index in [1.54, 1.807) is 6.07 Å². The molecule has 0 unspecified atom stereocenters. The van der Waals surface area contributed by atoms with Crippen LogP contribution in [0.1, 0.15) is 21.5 Å². The first-order valence-electron chi connectivity index (χ1n) is 5.74. The van der Waals surface area contributed by atoms with Crippen LogP contribution in [-0.4, -0.2) is 5.97 Å². The van der Waals surface area contributed by atoms with Crippen molar-refractivity contribution in [1.82, 2.24) is 0 Å². The van der Waals surface area contributed by atoms with Crippen molar-refractivity contribution in [3.63, 3.8) is 0 Å². The molecule has 0 bridgehead atoms. The molecule has 2 rings (SSSR count). The monoisotopic (exact) mass is 245 g/mol. The quantitative estimate of drug-likeness (QED) is 0.514. The van der Waals surface area contributed by atoms with Gasteiger partial charge in [0, 0.05) is 5.69 Å². The maximum absolute atomic E-state index is 12.0. The summed E-state index contributed by atoms with van der Waals surface area (Å²) in [5, 5.41) is 0. The Bertz CT molecular complexity index is 529. The highest BCUT2D eigenvalue weighted by Crippen LogP contribution is 2.18. The largest absolute Gasteiger partial charge is 0.457 e. The lowest BCUT2D eigenvalue weighted by Gasteiger charge is -2.09. The molecule has 0 fully saturated rings. The van der Waals surface area contributed by atoms with Crippen LogP contribution in [0, 0.1) is 6.92 Å². The molecule has 92 valence electrons. The summed E-state index contributed by atoms with van der Waals surface area (Å²) < 4.78 is 5.26. The van der Waals surface area contributed by atoms with E-state index in [1.165, 1.54) is 0 Å². The molecule has 0 saturated carbocycles. The molecule has 2 aromatic rings. The number of carbonyl (C=O) groups excluding carboxylic acids is 1. The molecule has 0 aliphatic carbocycles. The van der Waals surface area contributed by atoms with Gasteiger partial charge in [-0.2, -0.15) is 0 Å². The molecule has 0 amide bonds. The summed E-state index contributed by atoms with van der Waals surface area (Å²) in [6.45, 7) is 2.10. The van der Waals surface area contributed by atoms with Crippen LogP contribution >= 0.6 is 0 Å². The van der Waals surface area contributed by atoms with Gasteiger partial charge in [-0.3, -0.25) is 0 Å². The second-order valence-corrected chi connectivity index (χ2v) is 4.10. The number of rotatable bonds is 3. The van der Waals surface area contributed by atoms with E-state index in [0.717, 1.165) is 11.1 Å². The van der Waals surface area contributed by atoms with Crippen LogP contribution in [0.2, 0.25) is 0 Å². The summed E-state index contributed by atoms with van der Waals surface area (Å²) in [6, 6.07) is 14.9. The SMILES string of the molecule is C[13c]1[13cH]ccc(N)[13c]1[13C](=O)OCc1ccccc1. The first-order chi connectivity index (χ1) is 8.68. The Morgan fingerprint density at radius 2 is 1.83 bits per heavy atom. The Kier molecular flexibility index (Phi) is 3.63. The topological polar surface area (TPSA) is 52.3 Å². The Hall–Kier alpha value is -2.29. The van der Waals surface area contributed by atoms with Gasteiger partial charge in [-0.25, -0.2) is 4.79 Å². The zero-order chi connectivity index (χ0) is 13.0. The number of hydrogen-bond acceptors (Lipinski definition) is 3. The van der Waals surface area contributed by atoms with Gasteiger partial charge in [0.15, 0.2) is 0 Å². The number of carbonyl (C=O) groups is 1. The van der Waals surface area contributed by atoms with Gasteiger partial charge in [0.05, 0.1) is 5.56 Å². The van der Waals surface area contributed by atoms with Gasteiger partial charge in [-0.15, -0.1) is 0 Å². The summed E-state index contributed by atoms with van der Waals surface area (Å²) in [4.78, 5) is 12.0. The average molecular weight is 245 g/mol. The maximum Gasteiger partial charge on any atom is 0.340 e. The van der Waals surface area contributed by atoms with Gasteiger partial charge in [0.1, 0.15) is 6.61 Å². The predicted octanol–water partition coefficient (Wildman–Crippen LogP) is 2.93. The molecule has 0 atom stereocenters. The zero-order valence-electron chi connectivity index (χ0n) is 10.2. The van der Waals surface area contributed by atoms with Gasteiger partial charge < -0.3 is 10.5 Å². The summed E-state index contributed by atoms with van der Waals surface area (Å²) in [5.74, 6) is -0.380. The summed E-state index contributed by atoms with van der Waals surface area (Å²) in [5.41, 5.74) is 8.48. The molecule has 0 aliphatic heterocycles. The Morgan fingerprint density at radius 3 is 2.50 bits per heavy atom. The lowest BCUT2D eigenvalue weighted by Crippen LogP contribution is -2.10. The van der Waals surface area contributed by atoms with E-state index in [1.807, 2.05) is 49.4 Å². The van der Waals surface area contributed by atoms with Crippen molar-refractivity contribution in [2.75, 3.05) is 5.73 Å². The number of anilines is 1. The summed E-state index contributed by atoms with van der Waals surface area (Å²) in [6.07, 6.45) is 0. The molecule has 0 aliphatic rings. The number of hydrogen-bond donors (Lipinski definition) is 1. The number of benzene rings is 2. The number of ether oxygens (including phenoxy) is 1. The molecule has 0 saturated heterocycles. The van der Waals surface area contributed by atoms with E-state index >= 15 is 0 Å². The highest BCUT2D eigenvalue weighted by molar-refractivity contribution is 5.96. The van der Waals surface area contributed by atoms with Gasteiger partial charge in [0.2, 0.25) is 0 Å². The summed E-state index contributed by atoms with van der Waals surface area (Å²) in [7, 11) is 0. The smallest absolute Gasteiger partial charge is 0.340 e. The number of nitrogens with two attached hydrogens (primary N) is 1. The maximum atomic E-state index is 12.0. The first kappa shape index (κ1) is 12.2. The van der Waals surface area contributed by atoms with Crippen molar-refractivity contribution in [3.8, 4) is 0 Å². The van der Waals surface area contributed by atoms with Crippen LogP contribution in [0.3, 0.4) is 0 Å². The number of nitrogen functional groups attached to an aromatic ring is 1. The fourth-order valence-electron chi connectivity index (χ4n) is 1.76. The molecule has 0 heterocycles. The average Bonchev–Trinajstić information content (AvgIpc) is 2.37. The highest BCUT2D eigenvalue weighted by Gasteiger charge is 2.13. The van der Waals surface area contributed by atoms with E-state index in [9.17, 15) is 4.79 Å². The second kappa shape index (κ2) is 5.36. The van der Waals surface area contributed by atoms with E-state index in [0.29, 0.717) is 11.3 Å². The van der Waals surface area contributed by atoms with E-state index in [2.05, 4.69) is 0 Å². The van der Waals surface area contributed by atoms with E-state index < -0.39 is 0 Å².